The number of carboxylic acid groups (broad SMARTS) is 1. The number of hydrogen-bond donors (Lipinski definition) is 2. The molecule has 0 unspecified atom stereocenters. The molecule has 0 rings (SSSR count). The first kappa shape index (κ1) is 22.9. The van der Waals surface area contributed by atoms with Gasteiger partial charge in [0.25, 0.3) is 0 Å². The number of carbonyl (C=O) groups excluding carboxylic acids is 1. The number of ether oxygens (including phenoxy) is 1. The summed E-state index contributed by atoms with van der Waals surface area (Å²) in [6.07, 6.45) is 14.2. The van der Waals surface area contributed by atoms with E-state index in [1.807, 2.05) is 0 Å². The van der Waals surface area contributed by atoms with E-state index in [4.69, 9.17) is 14.9 Å². The first-order chi connectivity index (χ1) is 11.7. The van der Waals surface area contributed by atoms with Crippen LogP contribution >= 0.6 is 0 Å². The Balaban J connectivity index is 3.15. The summed E-state index contributed by atoms with van der Waals surface area (Å²) in [5, 5.41) is 17.2. The number of carboxylic acids is 1. The van der Waals surface area contributed by atoms with Crippen molar-refractivity contribution in [1.82, 2.24) is 0 Å². The Morgan fingerprint density at radius 3 is 1.62 bits per heavy atom. The van der Waals surface area contributed by atoms with Crippen LogP contribution in [-0.4, -0.2) is 35.4 Å². The van der Waals surface area contributed by atoms with Crippen LogP contribution in [-0.2, 0) is 14.3 Å². The Morgan fingerprint density at radius 2 is 1.08 bits per heavy atom. The molecule has 0 saturated carbocycles. The summed E-state index contributed by atoms with van der Waals surface area (Å²) in [6.45, 7) is 0.747. The number of hydrogen-bond acceptors (Lipinski definition) is 4. The van der Waals surface area contributed by atoms with Gasteiger partial charge >= 0.3 is 11.9 Å². The quantitative estimate of drug-likeness (QED) is 0.283. The predicted molar refractivity (Wildman–Crippen MR) is 94.9 cm³/mol. The molecular weight excluding hydrogens is 308 g/mol. The van der Waals surface area contributed by atoms with Crippen molar-refractivity contribution in [3.05, 3.63) is 0 Å². The lowest BCUT2D eigenvalue weighted by Crippen LogP contribution is -2.05. The second-order valence-electron chi connectivity index (χ2n) is 6.43. The van der Waals surface area contributed by atoms with Crippen LogP contribution in [0.15, 0.2) is 0 Å². The van der Waals surface area contributed by atoms with Crippen molar-refractivity contribution >= 4 is 11.9 Å². The van der Waals surface area contributed by atoms with Crippen molar-refractivity contribution < 1.29 is 24.5 Å². The van der Waals surface area contributed by atoms with Gasteiger partial charge < -0.3 is 14.9 Å². The zero-order chi connectivity index (χ0) is 17.9. The summed E-state index contributed by atoms with van der Waals surface area (Å²) in [5.41, 5.74) is 0. The molecule has 142 valence electrons. The van der Waals surface area contributed by atoms with E-state index >= 15 is 0 Å². The van der Waals surface area contributed by atoms with Crippen LogP contribution in [0.5, 0.6) is 0 Å². The molecule has 5 nitrogen and oxygen atoms in total. The lowest BCUT2D eigenvalue weighted by atomic mass is 10.1. The van der Waals surface area contributed by atoms with Gasteiger partial charge in [-0.15, -0.1) is 0 Å². The fraction of sp³-hybridized carbons (Fsp3) is 0.895. The second-order valence-corrected chi connectivity index (χ2v) is 6.43. The van der Waals surface area contributed by atoms with E-state index in [0.717, 1.165) is 64.2 Å². The van der Waals surface area contributed by atoms with Crippen LogP contribution in [0.25, 0.3) is 0 Å². The number of rotatable bonds is 18. The highest BCUT2D eigenvalue weighted by Crippen LogP contribution is 2.11. The van der Waals surface area contributed by atoms with Gasteiger partial charge in [-0.1, -0.05) is 51.4 Å². The topological polar surface area (TPSA) is 83.8 Å². The smallest absolute Gasteiger partial charge is 0.305 e. The highest BCUT2D eigenvalue weighted by atomic mass is 16.5. The van der Waals surface area contributed by atoms with Crippen molar-refractivity contribution in [3.8, 4) is 0 Å². The molecule has 0 heterocycles. The minimum Gasteiger partial charge on any atom is -0.481 e. The van der Waals surface area contributed by atoms with Crippen molar-refractivity contribution in [2.24, 2.45) is 0 Å². The Labute approximate surface area is 146 Å². The SMILES string of the molecule is O=C(O)CCCCCCCCCCCC(=O)OCCCCCCO. The fourth-order valence-electron chi connectivity index (χ4n) is 2.61. The molecule has 0 atom stereocenters. The molecule has 0 aliphatic carbocycles. The Bertz CT molecular complexity index is 304. The van der Waals surface area contributed by atoms with E-state index in [-0.39, 0.29) is 12.6 Å². The molecule has 0 aromatic rings. The van der Waals surface area contributed by atoms with Crippen LogP contribution in [0, 0.1) is 0 Å². The average Bonchev–Trinajstić information content (AvgIpc) is 2.55. The minimum absolute atomic E-state index is 0.0874. The van der Waals surface area contributed by atoms with Gasteiger partial charge in [-0.05, 0) is 32.1 Å². The molecule has 0 aromatic carbocycles. The van der Waals surface area contributed by atoms with Gasteiger partial charge in [0.15, 0.2) is 0 Å². The van der Waals surface area contributed by atoms with E-state index in [1.54, 1.807) is 0 Å². The van der Waals surface area contributed by atoms with Gasteiger partial charge in [-0.3, -0.25) is 9.59 Å². The minimum atomic E-state index is -0.699. The van der Waals surface area contributed by atoms with E-state index < -0.39 is 5.97 Å². The fourth-order valence-corrected chi connectivity index (χ4v) is 2.61. The molecule has 2 N–H and O–H groups in total. The van der Waals surface area contributed by atoms with Crippen LogP contribution in [0.1, 0.15) is 96.3 Å². The molecule has 24 heavy (non-hydrogen) atoms. The van der Waals surface area contributed by atoms with E-state index in [2.05, 4.69) is 0 Å². The maximum atomic E-state index is 11.5. The summed E-state index contributed by atoms with van der Waals surface area (Å²) in [6, 6.07) is 0. The summed E-state index contributed by atoms with van der Waals surface area (Å²) < 4.78 is 5.18. The van der Waals surface area contributed by atoms with Crippen molar-refractivity contribution in [2.75, 3.05) is 13.2 Å². The highest BCUT2D eigenvalue weighted by molar-refractivity contribution is 5.69. The van der Waals surface area contributed by atoms with Crippen LogP contribution in [0.3, 0.4) is 0 Å². The largest absolute Gasteiger partial charge is 0.481 e. The van der Waals surface area contributed by atoms with Crippen molar-refractivity contribution in [1.29, 1.82) is 0 Å². The van der Waals surface area contributed by atoms with Crippen LogP contribution in [0.2, 0.25) is 0 Å². The molecule has 0 amide bonds. The third-order valence-electron chi connectivity index (χ3n) is 4.09. The van der Waals surface area contributed by atoms with E-state index in [0.29, 0.717) is 19.4 Å². The first-order valence-corrected chi connectivity index (χ1v) is 9.65. The number of aliphatic carboxylic acids is 1. The molecule has 0 aliphatic heterocycles. The van der Waals surface area contributed by atoms with Crippen LogP contribution < -0.4 is 0 Å². The highest BCUT2D eigenvalue weighted by Gasteiger charge is 2.02. The van der Waals surface area contributed by atoms with E-state index in [1.165, 1.54) is 19.3 Å². The molecule has 0 fully saturated rings. The monoisotopic (exact) mass is 344 g/mol. The number of aliphatic hydroxyl groups excluding tert-OH is 1. The summed E-state index contributed by atoms with van der Waals surface area (Å²) >= 11 is 0. The van der Waals surface area contributed by atoms with Gasteiger partial charge in [-0.25, -0.2) is 0 Å². The van der Waals surface area contributed by atoms with E-state index in [9.17, 15) is 9.59 Å². The molecule has 5 heteroatoms. The first-order valence-electron chi connectivity index (χ1n) is 9.65. The number of aliphatic hydroxyl groups is 1. The normalized spacial score (nSPS) is 10.7. The predicted octanol–water partition coefficient (Wildman–Crippen LogP) is 4.46. The molecular formula is C19H36O5. The molecule has 0 bridgehead atoms. The van der Waals surface area contributed by atoms with Crippen LogP contribution in [0.4, 0.5) is 0 Å². The molecule has 0 aromatic heterocycles. The lowest BCUT2D eigenvalue weighted by Gasteiger charge is -2.05. The maximum absolute atomic E-state index is 11.5. The molecule has 0 aliphatic rings. The third-order valence-corrected chi connectivity index (χ3v) is 4.09. The summed E-state index contributed by atoms with van der Waals surface area (Å²) in [4.78, 5) is 21.9. The molecule has 0 spiro atoms. The lowest BCUT2D eigenvalue weighted by molar-refractivity contribution is -0.144. The number of unbranched alkanes of at least 4 members (excludes halogenated alkanes) is 11. The van der Waals surface area contributed by atoms with Gasteiger partial charge in [0.1, 0.15) is 0 Å². The zero-order valence-corrected chi connectivity index (χ0v) is 15.1. The Kier molecular flexibility index (Phi) is 17.4. The zero-order valence-electron chi connectivity index (χ0n) is 15.1. The Hall–Kier alpha value is -1.10. The standard InChI is InChI=1S/C19H36O5/c20-16-12-8-9-13-17-24-19(23)15-11-7-5-3-1-2-4-6-10-14-18(21)22/h20H,1-17H2,(H,21,22). The average molecular weight is 344 g/mol. The maximum Gasteiger partial charge on any atom is 0.305 e. The summed E-state index contributed by atoms with van der Waals surface area (Å²) in [7, 11) is 0. The Morgan fingerprint density at radius 1 is 0.625 bits per heavy atom. The third kappa shape index (κ3) is 18.9. The van der Waals surface area contributed by atoms with Gasteiger partial charge in [0.2, 0.25) is 0 Å². The van der Waals surface area contributed by atoms with Crippen molar-refractivity contribution in [3.63, 3.8) is 0 Å². The molecule has 0 saturated heterocycles. The number of carbonyl (C=O) groups is 2. The summed E-state index contributed by atoms with van der Waals surface area (Å²) in [5.74, 6) is -0.786. The number of esters is 1. The van der Waals surface area contributed by atoms with Crippen molar-refractivity contribution in [2.45, 2.75) is 96.3 Å². The second kappa shape index (κ2) is 18.2. The molecule has 0 radical (unpaired) electrons. The van der Waals surface area contributed by atoms with Gasteiger partial charge in [0, 0.05) is 19.4 Å². The van der Waals surface area contributed by atoms with Gasteiger partial charge in [0.05, 0.1) is 6.61 Å². The van der Waals surface area contributed by atoms with Gasteiger partial charge in [-0.2, -0.15) is 0 Å².